The second-order valence-electron chi connectivity index (χ2n) is 3.90. The number of aliphatic carboxylic acids is 1. The van der Waals surface area contributed by atoms with Gasteiger partial charge in [0.05, 0.1) is 6.61 Å². The normalized spacial score (nSPS) is 26.4. The summed E-state index contributed by atoms with van der Waals surface area (Å²) in [6.07, 6.45) is 2.15. The average Bonchev–Trinajstić information content (AvgIpc) is 2.18. The van der Waals surface area contributed by atoms with Crippen LogP contribution in [0.25, 0.3) is 0 Å². The van der Waals surface area contributed by atoms with Gasteiger partial charge in [0, 0.05) is 20.6 Å². The second-order valence-corrected chi connectivity index (χ2v) is 3.90. The van der Waals surface area contributed by atoms with Crippen molar-refractivity contribution in [1.82, 2.24) is 4.90 Å². The predicted molar refractivity (Wildman–Crippen MR) is 53.5 cm³/mol. The summed E-state index contributed by atoms with van der Waals surface area (Å²) in [6, 6.07) is 0. The van der Waals surface area contributed by atoms with Gasteiger partial charge in [-0.1, -0.05) is 0 Å². The first kappa shape index (κ1) is 12.0. The molecular weight excluding hydrogens is 198 g/mol. The van der Waals surface area contributed by atoms with Crippen molar-refractivity contribution in [3.63, 3.8) is 0 Å². The van der Waals surface area contributed by atoms with E-state index in [4.69, 9.17) is 4.74 Å². The van der Waals surface area contributed by atoms with Crippen molar-refractivity contribution in [1.29, 1.82) is 0 Å². The van der Waals surface area contributed by atoms with Crippen LogP contribution < -0.4 is 0 Å². The van der Waals surface area contributed by atoms with Gasteiger partial charge in [-0.15, -0.1) is 0 Å². The zero-order chi connectivity index (χ0) is 11.5. The van der Waals surface area contributed by atoms with E-state index in [0.717, 1.165) is 12.8 Å². The number of amides is 1. The monoisotopic (exact) mass is 215 g/mol. The lowest BCUT2D eigenvalue weighted by Gasteiger charge is -2.43. The molecule has 1 heterocycles. The van der Waals surface area contributed by atoms with Gasteiger partial charge in [-0.2, -0.15) is 0 Å². The molecule has 1 saturated heterocycles. The summed E-state index contributed by atoms with van der Waals surface area (Å²) in [5.74, 6) is -1.17. The largest absolute Gasteiger partial charge is 0.479 e. The molecule has 1 fully saturated rings. The highest BCUT2D eigenvalue weighted by Crippen LogP contribution is 2.29. The van der Waals surface area contributed by atoms with Gasteiger partial charge in [-0.3, -0.25) is 4.79 Å². The fourth-order valence-corrected chi connectivity index (χ4v) is 2.17. The fourth-order valence-electron chi connectivity index (χ4n) is 2.17. The molecule has 1 unspecified atom stereocenters. The molecule has 0 bridgehead atoms. The van der Waals surface area contributed by atoms with Gasteiger partial charge in [0.1, 0.15) is 0 Å². The molecular formula is C10H17NO4. The maximum absolute atomic E-state index is 11.4. The van der Waals surface area contributed by atoms with Crippen LogP contribution in [0.4, 0.5) is 0 Å². The first-order valence-electron chi connectivity index (χ1n) is 5.05. The minimum absolute atomic E-state index is 0.0575. The van der Waals surface area contributed by atoms with Crippen molar-refractivity contribution in [2.24, 2.45) is 0 Å². The molecule has 1 atom stereocenters. The van der Waals surface area contributed by atoms with E-state index in [-0.39, 0.29) is 12.5 Å². The first-order chi connectivity index (χ1) is 7.04. The van der Waals surface area contributed by atoms with Crippen LogP contribution in [0.1, 0.15) is 26.2 Å². The molecule has 86 valence electrons. The van der Waals surface area contributed by atoms with Crippen molar-refractivity contribution in [3.05, 3.63) is 0 Å². The van der Waals surface area contributed by atoms with Gasteiger partial charge < -0.3 is 14.7 Å². The van der Waals surface area contributed by atoms with Gasteiger partial charge >= 0.3 is 5.97 Å². The van der Waals surface area contributed by atoms with Crippen LogP contribution in [0.3, 0.4) is 0 Å². The van der Waals surface area contributed by atoms with Crippen LogP contribution in [0.5, 0.6) is 0 Å². The van der Waals surface area contributed by atoms with E-state index in [1.807, 2.05) is 0 Å². The summed E-state index contributed by atoms with van der Waals surface area (Å²) in [6.45, 7) is 1.96. The molecule has 5 nitrogen and oxygen atoms in total. The number of hydrogen-bond donors (Lipinski definition) is 1. The van der Waals surface area contributed by atoms with Crippen LogP contribution in [0, 0.1) is 0 Å². The number of carbonyl (C=O) groups excluding carboxylic acids is 1. The molecule has 1 rings (SSSR count). The van der Waals surface area contributed by atoms with Crippen molar-refractivity contribution < 1.29 is 19.4 Å². The Hall–Kier alpha value is -1.10. The van der Waals surface area contributed by atoms with Crippen LogP contribution in [-0.4, -0.2) is 47.7 Å². The Balaban J connectivity index is 2.98. The molecule has 0 saturated carbocycles. The number of hydrogen-bond acceptors (Lipinski definition) is 3. The number of carboxylic acid groups (broad SMARTS) is 1. The lowest BCUT2D eigenvalue weighted by molar-refractivity contribution is -0.166. The Morgan fingerprint density at radius 3 is 2.60 bits per heavy atom. The maximum atomic E-state index is 11.4. The van der Waals surface area contributed by atoms with E-state index in [9.17, 15) is 14.7 Å². The Morgan fingerprint density at radius 1 is 1.47 bits per heavy atom. The molecule has 5 heteroatoms. The molecule has 1 aliphatic rings. The smallest absolute Gasteiger partial charge is 0.332 e. The SMILES string of the molecule is COCC1(C(=O)O)CCCCN1C(C)=O. The van der Waals surface area contributed by atoms with Crippen LogP contribution in [0.15, 0.2) is 0 Å². The molecule has 0 aliphatic carbocycles. The van der Waals surface area contributed by atoms with E-state index in [0.29, 0.717) is 13.0 Å². The van der Waals surface area contributed by atoms with Crippen molar-refractivity contribution in [2.45, 2.75) is 31.7 Å². The molecule has 15 heavy (non-hydrogen) atoms. The topological polar surface area (TPSA) is 66.8 Å². The van der Waals surface area contributed by atoms with Crippen molar-refractivity contribution in [2.75, 3.05) is 20.3 Å². The fraction of sp³-hybridized carbons (Fsp3) is 0.800. The quantitative estimate of drug-likeness (QED) is 0.744. The van der Waals surface area contributed by atoms with Gasteiger partial charge in [-0.05, 0) is 19.3 Å². The molecule has 0 spiro atoms. The minimum Gasteiger partial charge on any atom is -0.479 e. The summed E-state index contributed by atoms with van der Waals surface area (Å²) in [4.78, 5) is 24.1. The standard InChI is InChI=1S/C10H17NO4/c1-8(12)11-6-4-3-5-10(11,7-15-2)9(13)14/h3-7H2,1-2H3,(H,13,14). The summed E-state index contributed by atoms with van der Waals surface area (Å²) in [7, 11) is 1.46. The molecule has 0 aromatic rings. The van der Waals surface area contributed by atoms with Gasteiger partial charge in [0.15, 0.2) is 5.54 Å². The van der Waals surface area contributed by atoms with Crippen LogP contribution in [-0.2, 0) is 14.3 Å². The number of carboxylic acids is 1. The van der Waals surface area contributed by atoms with E-state index < -0.39 is 11.5 Å². The lowest BCUT2D eigenvalue weighted by Crippen LogP contribution is -2.61. The molecule has 0 radical (unpaired) electrons. The Bertz CT molecular complexity index is 262. The number of ether oxygens (including phenoxy) is 1. The number of rotatable bonds is 3. The molecule has 0 aromatic heterocycles. The number of nitrogens with zero attached hydrogens (tertiary/aromatic N) is 1. The van der Waals surface area contributed by atoms with Gasteiger partial charge in [0.25, 0.3) is 0 Å². The Labute approximate surface area is 89.0 Å². The number of carbonyl (C=O) groups is 2. The Morgan fingerprint density at radius 2 is 2.13 bits per heavy atom. The van der Waals surface area contributed by atoms with E-state index >= 15 is 0 Å². The van der Waals surface area contributed by atoms with Gasteiger partial charge in [0.2, 0.25) is 5.91 Å². The summed E-state index contributed by atoms with van der Waals surface area (Å²) in [5, 5.41) is 9.27. The lowest BCUT2D eigenvalue weighted by atomic mass is 9.87. The summed E-state index contributed by atoms with van der Waals surface area (Å²) in [5.41, 5.74) is -1.15. The third-order valence-corrected chi connectivity index (χ3v) is 2.90. The minimum atomic E-state index is -1.15. The summed E-state index contributed by atoms with van der Waals surface area (Å²) >= 11 is 0. The third-order valence-electron chi connectivity index (χ3n) is 2.90. The average molecular weight is 215 g/mol. The van der Waals surface area contributed by atoms with Crippen molar-refractivity contribution >= 4 is 11.9 Å². The van der Waals surface area contributed by atoms with Crippen LogP contribution >= 0.6 is 0 Å². The highest BCUT2D eigenvalue weighted by atomic mass is 16.5. The highest BCUT2D eigenvalue weighted by Gasteiger charge is 2.47. The number of piperidine rings is 1. The van der Waals surface area contributed by atoms with E-state index in [1.54, 1.807) is 0 Å². The van der Waals surface area contributed by atoms with E-state index in [2.05, 4.69) is 0 Å². The predicted octanol–water partition coefficient (Wildman–Crippen LogP) is 0.489. The molecule has 0 aromatic carbocycles. The number of likely N-dealkylation sites (tertiary alicyclic amines) is 1. The third kappa shape index (κ3) is 2.12. The first-order valence-corrected chi connectivity index (χ1v) is 5.05. The number of methoxy groups -OCH3 is 1. The molecule has 1 aliphatic heterocycles. The van der Waals surface area contributed by atoms with Crippen LogP contribution in [0.2, 0.25) is 0 Å². The maximum Gasteiger partial charge on any atom is 0.332 e. The van der Waals surface area contributed by atoms with Crippen molar-refractivity contribution in [3.8, 4) is 0 Å². The Kier molecular flexibility index (Phi) is 3.68. The van der Waals surface area contributed by atoms with E-state index in [1.165, 1.54) is 18.9 Å². The zero-order valence-electron chi connectivity index (χ0n) is 9.15. The highest BCUT2D eigenvalue weighted by molar-refractivity contribution is 5.86. The molecule has 1 amide bonds. The summed E-state index contributed by atoms with van der Waals surface area (Å²) < 4.78 is 4.95. The second kappa shape index (κ2) is 4.61. The zero-order valence-corrected chi connectivity index (χ0v) is 9.15. The van der Waals surface area contributed by atoms with Gasteiger partial charge in [-0.25, -0.2) is 4.79 Å². The molecule has 1 N–H and O–H groups in total.